The van der Waals surface area contributed by atoms with Gasteiger partial charge < -0.3 is 19.2 Å². The van der Waals surface area contributed by atoms with Crippen molar-refractivity contribution < 1.29 is 27.2 Å². The largest absolute Gasteiger partial charge is 0.435 e. The Labute approximate surface area is 302 Å². The summed E-state index contributed by atoms with van der Waals surface area (Å²) in [7, 11) is -0.537. The van der Waals surface area contributed by atoms with Crippen LogP contribution in [-0.4, -0.2) is 64.1 Å². The average molecular weight is 732 g/mol. The van der Waals surface area contributed by atoms with Crippen molar-refractivity contribution >= 4 is 36.7 Å². The van der Waals surface area contributed by atoms with Gasteiger partial charge in [0.1, 0.15) is 0 Å². The summed E-state index contributed by atoms with van der Waals surface area (Å²) in [4.78, 5) is 38.5. The lowest BCUT2D eigenvalue weighted by Crippen LogP contribution is -2.42. The quantitative estimate of drug-likeness (QED) is 0.118. The number of aromatic nitrogens is 5. The van der Waals surface area contributed by atoms with Gasteiger partial charge in [-0.1, -0.05) is 27.7 Å². The van der Waals surface area contributed by atoms with Gasteiger partial charge in [-0.05, 0) is 83.6 Å². The number of rotatable bonds is 10. The summed E-state index contributed by atoms with van der Waals surface area (Å²) in [5, 5.41) is 7.43. The van der Waals surface area contributed by atoms with E-state index < -0.39 is 20.2 Å². The standard InChI is InChI=1S/C38H44F3N7O3Si/c1-8-24-17-29-32(9-11-43-33(29)30(18-24)35(49)44-13-16-51-52(6,7)37(2,3)4)48-14-10-26-27(31-22-46(5)45-34(31)38(39,40)41)19-25(20-28(26)36(48)50)21-47-15-12-42-23-47/h9,11-12,15,17-20,22-23H,8,10,13-14,16,21H2,1-7H3,(H,44,49). The molecule has 1 N–H and O–H groups in total. The van der Waals surface area contributed by atoms with E-state index in [9.17, 15) is 22.8 Å². The SMILES string of the molecule is CCc1cc(C(=O)NCCO[Si](C)(C)C(C)(C)C)c2nccc(N3CCc4c(cc(Cn5ccnc5)cc4-c4cn(C)nc4C(F)(F)F)C3=O)c2c1. The monoisotopic (exact) mass is 731 g/mol. The van der Waals surface area contributed by atoms with Crippen molar-refractivity contribution in [2.45, 2.75) is 71.4 Å². The number of hydrogen-bond donors (Lipinski definition) is 1. The lowest BCUT2D eigenvalue weighted by Gasteiger charge is -2.36. The minimum absolute atomic E-state index is 0.0450. The number of carbonyl (C=O) groups is 2. The third-order valence-electron chi connectivity index (χ3n) is 10.2. The van der Waals surface area contributed by atoms with Gasteiger partial charge >= 0.3 is 6.18 Å². The number of nitrogens with one attached hydrogen (secondary N) is 1. The molecule has 10 nitrogen and oxygen atoms in total. The van der Waals surface area contributed by atoms with Gasteiger partial charge in [-0.15, -0.1) is 0 Å². The highest BCUT2D eigenvalue weighted by Crippen LogP contribution is 2.41. The van der Waals surface area contributed by atoms with E-state index in [1.807, 2.05) is 19.1 Å². The predicted octanol–water partition coefficient (Wildman–Crippen LogP) is 7.42. The van der Waals surface area contributed by atoms with Gasteiger partial charge in [-0.2, -0.15) is 18.3 Å². The van der Waals surface area contributed by atoms with Crippen molar-refractivity contribution in [3.63, 3.8) is 0 Å². The van der Waals surface area contributed by atoms with Crippen molar-refractivity contribution in [3.8, 4) is 11.1 Å². The Morgan fingerprint density at radius 2 is 1.79 bits per heavy atom. The molecule has 0 saturated heterocycles. The maximum atomic E-state index is 14.5. The van der Waals surface area contributed by atoms with Crippen LogP contribution in [0.3, 0.4) is 0 Å². The predicted molar refractivity (Wildman–Crippen MR) is 197 cm³/mol. The van der Waals surface area contributed by atoms with Gasteiger partial charge in [0.2, 0.25) is 0 Å². The van der Waals surface area contributed by atoms with Crippen molar-refractivity contribution in [3.05, 3.63) is 95.0 Å². The average Bonchev–Trinajstić information content (AvgIpc) is 3.75. The molecule has 0 aliphatic carbocycles. The second kappa shape index (κ2) is 14.0. The summed E-state index contributed by atoms with van der Waals surface area (Å²) in [6, 6.07) is 8.99. The van der Waals surface area contributed by atoms with Gasteiger partial charge in [0.15, 0.2) is 14.0 Å². The molecule has 4 heterocycles. The molecule has 5 aromatic rings. The maximum absolute atomic E-state index is 14.5. The topological polar surface area (TPSA) is 107 Å². The van der Waals surface area contributed by atoms with Crippen LogP contribution in [0.2, 0.25) is 18.1 Å². The number of anilines is 1. The molecular weight excluding hydrogens is 688 g/mol. The number of fused-ring (bicyclic) bond motifs is 2. The molecule has 0 bridgehead atoms. The second-order valence-corrected chi connectivity index (χ2v) is 19.6. The molecule has 1 aliphatic heterocycles. The minimum atomic E-state index is -4.69. The summed E-state index contributed by atoms with van der Waals surface area (Å²) in [5.74, 6) is -0.638. The van der Waals surface area contributed by atoms with Crippen molar-refractivity contribution in [2.24, 2.45) is 7.05 Å². The lowest BCUT2D eigenvalue weighted by atomic mass is 9.87. The van der Waals surface area contributed by atoms with E-state index in [0.29, 0.717) is 76.9 Å². The zero-order chi connectivity index (χ0) is 37.6. The highest BCUT2D eigenvalue weighted by atomic mass is 28.4. The van der Waals surface area contributed by atoms with Crippen molar-refractivity contribution in [2.75, 3.05) is 24.6 Å². The van der Waals surface area contributed by atoms with Crippen LogP contribution in [0, 0.1) is 0 Å². The highest BCUT2D eigenvalue weighted by Gasteiger charge is 2.39. The summed E-state index contributed by atoms with van der Waals surface area (Å²) >= 11 is 0. The highest BCUT2D eigenvalue weighted by molar-refractivity contribution is 6.74. The fourth-order valence-electron chi connectivity index (χ4n) is 6.41. The summed E-state index contributed by atoms with van der Waals surface area (Å²) in [5.41, 5.74) is 3.05. The first-order valence-electron chi connectivity index (χ1n) is 17.4. The second-order valence-electron chi connectivity index (χ2n) is 14.8. The van der Waals surface area contributed by atoms with Crippen molar-refractivity contribution in [1.82, 2.24) is 29.6 Å². The van der Waals surface area contributed by atoms with Crippen LogP contribution in [-0.2, 0) is 37.0 Å². The fourth-order valence-corrected chi connectivity index (χ4v) is 7.45. The van der Waals surface area contributed by atoms with Crippen LogP contribution >= 0.6 is 0 Å². The Bertz CT molecular complexity index is 2140. The summed E-state index contributed by atoms with van der Waals surface area (Å²) in [6.07, 6.45) is 4.16. The third kappa shape index (κ3) is 7.26. The number of benzene rings is 2. The molecule has 274 valence electrons. The number of pyridine rings is 1. The van der Waals surface area contributed by atoms with Gasteiger partial charge in [0.05, 0.1) is 29.7 Å². The first-order valence-corrected chi connectivity index (χ1v) is 20.3. The first kappa shape index (κ1) is 37.0. The molecule has 52 heavy (non-hydrogen) atoms. The first-order chi connectivity index (χ1) is 24.5. The Morgan fingerprint density at radius 3 is 2.46 bits per heavy atom. The Balaban J connectivity index is 1.38. The van der Waals surface area contributed by atoms with Crippen LogP contribution < -0.4 is 10.2 Å². The van der Waals surface area contributed by atoms with Crippen LogP contribution in [0.25, 0.3) is 22.0 Å². The van der Waals surface area contributed by atoms with E-state index in [0.717, 1.165) is 10.2 Å². The molecule has 3 aromatic heterocycles. The molecule has 2 aromatic carbocycles. The van der Waals surface area contributed by atoms with Crippen molar-refractivity contribution in [1.29, 1.82) is 0 Å². The van der Waals surface area contributed by atoms with Gasteiger partial charge in [0.25, 0.3) is 11.8 Å². The van der Waals surface area contributed by atoms with Gasteiger partial charge in [-0.25, -0.2) is 4.98 Å². The number of alkyl halides is 3. The van der Waals surface area contributed by atoms with E-state index in [2.05, 4.69) is 54.2 Å². The number of imidazole rings is 1. The zero-order valence-corrected chi connectivity index (χ0v) is 31.6. The molecule has 0 fully saturated rings. The summed E-state index contributed by atoms with van der Waals surface area (Å²) in [6.45, 7) is 14.1. The van der Waals surface area contributed by atoms with Crippen LogP contribution in [0.5, 0.6) is 0 Å². The molecule has 0 saturated carbocycles. The van der Waals surface area contributed by atoms with Gasteiger partial charge in [0, 0.05) is 68.0 Å². The maximum Gasteiger partial charge on any atom is 0.435 e. The molecule has 0 atom stereocenters. The molecule has 2 amide bonds. The lowest BCUT2D eigenvalue weighted by molar-refractivity contribution is -0.141. The van der Waals surface area contributed by atoms with Crippen LogP contribution in [0.4, 0.5) is 18.9 Å². The Kier molecular flexibility index (Phi) is 9.92. The summed E-state index contributed by atoms with van der Waals surface area (Å²) < 4.78 is 51.8. The molecule has 0 spiro atoms. The number of aryl methyl sites for hydroxylation is 2. The van der Waals surface area contributed by atoms with Crippen LogP contribution in [0.15, 0.2) is 61.4 Å². The molecular formula is C38H44F3N7O3Si. The molecule has 14 heteroatoms. The number of halogens is 3. The van der Waals surface area contributed by atoms with E-state index >= 15 is 0 Å². The minimum Gasteiger partial charge on any atom is -0.415 e. The number of hydrogen-bond acceptors (Lipinski definition) is 6. The van der Waals surface area contributed by atoms with E-state index in [-0.39, 0.29) is 29.0 Å². The molecule has 1 aliphatic rings. The normalized spacial score (nSPS) is 13.9. The Hall–Kier alpha value is -4.82. The molecule has 0 radical (unpaired) electrons. The van der Waals surface area contributed by atoms with E-state index in [4.69, 9.17) is 4.43 Å². The van der Waals surface area contributed by atoms with E-state index in [1.54, 1.807) is 52.6 Å². The van der Waals surface area contributed by atoms with E-state index in [1.165, 1.54) is 13.2 Å². The number of carbonyl (C=O) groups excluding carboxylic acids is 2. The number of amides is 2. The van der Waals surface area contributed by atoms with Gasteiger partial charge in [-0.3, -0.25) is 19.3 Å². The molecule has 6 rings (SSSR count). The van der Waals surface area contributed by atoms with Crippen LogP contribution in [0.1, 0.15) is 70.8 Å². The fraction of sp³-hybridized carbons (Fsp3) is 0.395. The smallest absolute Gasteiger partial charge is 0.415 e. The Morgan fingerprint density at radius 1 is 1.04 bits per heavy atom. The third-order valence-corrected chi connectivity index (χ3v) is 14.7. The number of nitrogens with zero attached hydrogens (tertiary/aromatic N) is 6. The zero-order valence-electron chi connectivity index (χ0n) is 30.6. The molecule has 0 unspecified atom stereocenters.